The second kappa shape index (κ2) is 5.26. The van der Waals surface area contributed by atoms with Crippen molar-refractivity contribution in [1.29, 1.82) is 0 Å². The minimum absolute atomic E-state index is 0.00894. The van der Waals surface area contributed by atoms with E-state index in [4.69, 9.17) is 9.84 Å². The summed E-state index contributed by atoms with van der Waals surface area (Å²) in [5.41, 5.74) is -0.988. The Morgan fingerprint density at radius 1 is 1.22 bits per heavy atom. The third kappa shape index (κ3) is 2.74. The van der Waals surface area contributed by atoms with Crippen LogP contribution in [-0.4, -0.2) is 11.1 Å². The van der Waals surface area contributed by atoms with Crippen molar-refractivity contribution in [3.8, 4) is 5.75 Å². The zero-order valence-electron chi connectivity index (χ0n) is 11.5. The summed E-state index contributed by atoms with van der Waals surface area (Å²) in [6, 6.07) is 6.90. The topological polar surface area (TPSA) is 46.5 Å². The average Bonchev–Trinajstić information content (AvgIpc) is 2.88. The van der Waals surface area contributed by atoms with Gasteiger partial charge in [0, 0.05) is 12.0 Å². The van der Waals surface area contributed by atoms with Crippen molar-refractivity contribution in [3.05, 3.63) is 64.5 Å². The fraction of sp³-hybridized carbons (Fsp3) is 0.188. The third-order valence-electron chi connectivity index (χ3n) is 3.67. The maximum atomic E-state index is 14.2. The minimum Gasteiger partial charge on any atom is -0.485 e. The highest BCUT2D eigenvalue weighted by molar-refractivity contribution is 5.88. The summed E-state index contributed by atoms with van der Waals surface area (Å²) in [7, 11) is 0. The van der Waals surface area contributed by atoms with Gasteiger partial charge in [-0.3, -0.25) is 0 Å². The van der Waals surface area contributed by atoms with E-state index in [1.54, 1.807) is 0 Å². The number of carboxylic acid groups (broad SMARTS) is 1. The van der Waals surface area contributed by atoms with Gasteiger partial charge in [-0.05, 0) is 29.8 Å². The van der Waals surface area contributed by atoms with Crippen LogP contribution < -0.4 is 4.74 Å². The predicted octanol–water partition coefficient (Wildman–Crippen LogP) is 4.22. The van der Waals surface area contributed by atoms with Gasteiger partial charge in [0.05, 0.1) is 11.1 Å². The number of carboxylic acids is 1. The monoisotopic (exact) mass is 326 g/mol. The number of hydrogen-bond donors (Lipinski definition) is 1. The van der Waals surface area contributed by atoms with Crippen LogP contribution >= 0.6 is 0 Å². The first kappa shape index (κ1) is 15.3. The van der Waals surface area contributed by atoms with Crippen LogP contribution in [-0.2, 0) is 12.6 Å². The van der Waals surface area contributed by atoms with Crippen LogP contribution in [0.1, 0.15) is 33.2 Å². The standard InChI is InChI=1S/C16H10F4O3/c17-14-10(2-1-3-11(14)15(21)22)13-7-8-6-9(16(18,19)20)4-5-12(8)23-13/h1-6,13H,7H2,(H,21,22). The first-order valence-electron chi connectivity index (χ1n) is 6.66. The third-order valence-corrected chi connectivity index (χ3v) is 3.67. The molecular weight excluding hydrogens is 316 g/mol. The smallest absolute Gasteiger partial charge is 0.416 e. The molecule has 1 aliphatic heterocycles. The predicted molar refractivity (Wildman–Crippen MR) is 71.9 cm³/mol. The van der Waals surface area contributed by atoms with E-state index < -0.39 is 35.2 Å². The Labute approximate surface area is 128 Å². The molecule has 7 heteroatoms. The van der Waals surface area contributed by atoms with E-state index in [1.165, 1.54) is 18.2 Å². The molecule has 0 fully saturated rings. The quantitative estimate of drug-likeness (QED) is 0.841. The lowest BCUT2D eigenvalue weighted by molar-refractivity contribution is -0.137. The lowest BCUT2D eigenvalue weighted by Gasteiger charge is -2.13. The van der Waals surface area contributed by atoms with Crippen molar-refractivity contribution in [2.75, 3.05) is 0 Å². The molecule has 0 aliphatic carbocycles. The van der Waals surface area contributed by atoms with Crippen LogP contribution in [0, 0.1) is 5.82 Å². The maximum absolute atomic E-state index is 14.2. The van der Waals surface area contributed by atoms with E-state index in [0.717, 1.165) is 18.2 Å². The van der Waals surface area contributed by atoms with E-state index in [1.807, 2.05) is 0 Å². The van der Waals surface area contributed by atoms with Crippen molar-refractivity contribution in [2.24, 2.45) is 0 Å². The number of aromatic carboxylic acids is 1. The van der Waals surface area contributed by atoms with Crippen molar-refractivity contribution < 1.29 is 32.2 Å². The van der Waals surface area contributed by atoms with Gasteiger partial charge in [-0.1, -0.05) is 12.1 Å². The molecule has 1 atom stereocenters. The van der Waals surface area contributed by atoms with Crippen molar-refractivity contribution in [2.45, 2.75) is 18.7 Å². The maximum Gasteiger partial charge on any atom is 0.416 e. The Balaban J connectivity index is 1.94. The summed E-state index contributed by atoms with van der Waals surface area (Å²) in [5.74, 6) is -2.11. The summed E-state index contributed by atoms with van der Waals surface area (Å²) >= 11 is 0. The van der Waals surface area contributed by atoms with Gasteiger partial charge in [0.15, 0.2) is 0 Å². The Bertz CT molecular complexity index is 783. The number of hydrogen-bond acceptors (Lipinski definition) is 2. The van der Waals surface area contributed by atoms with Crippen molar-refractivity contribution in [1.82, 2.24) is 0 Å². The molecule has 120 valence electrons. The molecule has 1 N–H and O–H groups in total. The largest absolute Gasteiger partial charge is 0.485 e. The number of ether oxygens (including phenoxy) is 1. The molecule has 0 spiro atoms. The first-order valence-corrected chi connectivity index (χ1v) is 6.66. The number of fused-ring (bicyclic) bond motifs is 1. The van der Waals surface area contributed by atoms with Gasteiger partial charge < -0.3 is 9.84 Å². The van der Waals surface area contributed by atoms with Crippen LogP contribution in [0.4, 0.5) is 17.6 Å². The Kier molecular flexibility index (Phi) is 3.50. The average molecular weight is 326 g/mol. The molecular formula is C16H10F4O3. The zero-order chi connectivity index (χ0) is 16.8. The van der Waals surface area contributed by atoms with Gasteiger partial charge in [-0.15, -0.1) is 0 Å². The zero-order valence-corrected chi connectivity index (χ0v) is 11.5. The van der Waals surface area contributed by atoms with E-state index in [0.29, 0.717) is 5.56 Å². The first-order chi connectivity index (χ1) is 10.8. The molecule has 1 heterocycles. The minimum atomic E-state index is -4.47. The number of benzene rings is 2. The van der Waals surface area contributed by atoms with Crippen LogP contribution in [0.3, 0.4) is 0 Å². The lowest BCUT2D eigenvalue weighted by atomic mass is 10.00. The highest BCUT2D eigenvalue weighted by Gasteiger charge is 2.34. The highest BCUT2D eigenvalue weighted by Crippen LogP contribution is 2.41. The molecule has 0 saturated carbocycles. The van der Waals surface area contributed by atoms with E-state index in [9.17, 15) is 22.4 Å². The van der Waals surface area contributed by atoms with Gasteiger partial charge in [0.25, 0.3) is 0 Å². The fourth-order valence-corrected chi connectivity index (χ4v) is 2.56. The number of carbonyl (C=O) groups is 1. The molecule has 3 nitrogen and oxygen atoms in total. The van der Waals surface area contributed by atoms with Crippen LogP contribution in [0.15, 0.2) is 36.4 Å². The van der Waals surface area contributed by atoms with Crippen LogP contribution in [0.25, 0.3) is 0 Å². The van der Waals surface area contributed by atoms with Crippen molar-refractivity contribution in [3.63, 3.8) is 0 Å². The Morgan fingerprint density at radius 2 is 1.96 bits per heavy atom. The number of halogens is 4. The summed E-state index contributed by atoms with van der Waals surface area (Å²) in [5, 5.41) is 8.93. The van der Waals surface area contributed by atoms with Gasteiger partial charge in [-0.25, -0.2) is 9.18 Å². The van der Waals surface area contributed by atoms with E-state index >= 15 is 0 Å². The molecule has 1 unspecified atom stereocenters. The van der Waals surface area contributed by atoms with Crippen LogP contribution in [0.5, 0.6) is 5.75 Å². The number of rotatable bonds is 2. The van der Waals surface area contributed by atoms with Gasteiger partial charge in [0.2, 0.25) is 0 Å². The SMILES string of the molecule is O=C(O)c1cccc(C2Cc3cc(C(F)(F)F)ccc3O2)c1F. The van der Waals surface area contributed by atoms with Gasteiger partial charge in [0.1, 0.15) is 17.7 Å². The summed E-state index contributed by atoms with van der Waals surface area (Å²) in [6.07, 6.45) is -5.28. The summed E-state index contributed by atoms with van der Waals surface area (Å²) in [4.78, 5) is 11.0. The second-order valence-corrected chi connectivity index (χ2v) is 5.14. The van der Waals surface area contributed by atoms with E-state index in [2.05, 4.69) is 0 Å². The second-order valence-electron chi connectivity index (χ2n) is 5.14. The molecule has 1 aliphatic rings. The summed E-state index contributed by atoms with van der Waals surface area (Å²) < 4.78 is 57.9. The normalized spacial score (nSPS) is 16.8. The van der Waals surface area contributed by atoms with E-state index in [-0.39, 0.29) is 17.7 Å². The molecule has 3 rings (SSSR count). The molecule has 2 aromatic carbocycles. The molecule has 0 aromatic heterocycles. The highest BCUT2D eigenvalue weighted by atomic mass is 19.4. The summed E-state index contributed by atoms with van der Waals surface area (Å²) in [6.45, 7) is 0. The molecule has 2 aromatic rings. The molecule has 0 radical (unpaired) electrons. The van der Waals surface area contributed by atoms with Crippen molar-refractivity contribution >= 4 is 5.97 Å². The van der Waals surface area contributed by atoms with Gasteiger partial charge >= 0.3 is 12.1 Å². The molecule has 0 bridgehead atoms. The molecule has 0 amide bonds. The molecule has 23 heavy (non-hydrogen) atoms. The van der Waals surface area contributed by atoms with Gasteiger partial charge in [-0.2, -0.15) is 13.2 Å². The van der Waals surface area contributed by atoms with Crippen LogP contribution in [0.2, 0.25) is 0 Å². The lowest BCUT2D eigenvalue weighted by Crippen LogP contribution is -2.10. The number of alkyl halides is 3. The Hall–Kier alpha value is -2.57. The Morgan fingerprint density at radius 3 is 2.61 bits per heavy atom. The fourth-order valence-electron chi connectivity index (χ4n) is 2.56. The molecule has 0 saturated heterocycles.